The summed E-state index contributed by atoms with van der Waals surface area (Å²) in [7, 11) is 0. The van der Waals surface area contributed by atoms with E-state index in [1.54, 1.807) is 20.8 Å². The SMILES string of the molecule is [2H]C([2H])([2H])c1nc(C([2H])([2H])[2H])nc(C(C)(C)C)n1. The molecule has 0 aliphatic carbocycles. The molecule has 1 heterocycles. The number of hydrogen-bond donors (Lipinski definition) is 0. The molecule has 66 valence electrons. The molecule has 0 saturated heterocycles. The maximum Gasteiger partial charge on any atom is 0.137 e. The number of nitrogens with zero attached hydrogens (tertiary/aromatic N) is 3. The van der Waals surface area contributed by atoms with Gasteiger partial charge in [-0.25, -0.2) is 15.0 Å². The summed E-state index contributed by atoms with van der Waals surface area (Å²) in [6.07, 6.45) is 0. The third kappa shape index (κ3) is 2.00. The van der Waals surface area contributed by atoms with Crippen molar-refractivity contribution in [3.05, 3.63) is 17.5 Å². The molecule has 0 amide bonds. The van der Waals surface area contributed by atoms with Crippen LogP contribution in [0.25, 0.3) is 0 Å². The van der Waals surface area contributed by atoms with Crippen molar-refractivity contribution in [1.82, 2.24) is 15.0 Å². The van der Waals surface area contributed by atoms with E-state index in [0.717, 1.165) is 0 Å². The summed E-state index contributed by atoms with van der Waals surface area (Å²) in [4.78, 5) is 11.3. The van der Waals surface area contributed by atoms with E-state index >= 15 is 0 Å². The van der Waals surface area contributed by atoms with Crippen molar-refractivity contribution in [2.24, 2.45) is 0 Å². The topological polar surface area (TPSA) is 38.7 Å². The Bertz CT molecular complexity index is 364. The zero-order valence-corrected chi connectivity index (χ0v) is 7.34. The molecule has 0 aliphatic rings. The van der Waals surface area contributed by atoms with Crippen molar-refractivity contribution in [1.29, 1.82) is 0 Å². The lowest BCUT2D eigenvalue weighted by Crippen LogP contribution is -2.18. The third-order valence-corrected chi connectivity index (χ3v) is 1.31. The summed E-state index contributed by atoms with van der Waals surface area (Å²) in [6, 6.07) is 0. The Kier molecular flexibility index (Phi) is 0.892. The molecule has 3 heteroatoms. The summed E-state index contributed by atoms with van der Waals surface area (Å²) in [5.41, 5.74) is -0.553. The normalized spacial score (nSPS) is 21.2. The number of hydrogen-bond acceptors (Lipinski definition) is 3. The second-order valence-corrected chi connectivity index (χ2v) is 3.56. The van der Waals surface area contributed by atoms with E-state index < -0.39 is 30.8 Å². The van der Waals surface area contributed by atoms with Gasteiger partial charge < -0.3 is 0 Å². The first-order valence-electron chi connectivity index (χ1n) is 6.59. The van der Waals surface area contributed by atoms with Crippen LogP contribution in [0.3, 0.4) is 0 Å². The molecule has 0 unspecified atom stereocenters. The van der Waals surface area contributed by atoms with Crippen molar-refractivity contribution < 1.29 is 8.22 Å². The van der Waals surface area contributed by atoms with Gasteiger partial charge in [-0.15, -0.1) is 0 Å². The van der Waals surface area contributed by atoms with E-state index in [1.807, 2.05) is 0 Å². The van der Waals surface area contributed by atoms with Gasteiger partial charge in [0.05, 0.1) is 0 Å². The number of aromatic nitrogens is 3. The van der Waals surface area contributed by atoms with Gasteiger partial charge >= 0.3 is 0 Å². The molecule has 0 bridgehead atoms. The van der Waals surface area contributed by atoms with Crippen LogP contribution in [-0.4, -0.2) is 15.0 Å². The smallest absolute Gasteiger partial charge is 0.137 e. The van der Waals surface area contributed by atoms with E-state index in [1.165, 1.54) is 0 Å². The molecule has 3 nitrogen and oxygen atoms in total. The van der Waals surface area contributed by atoms with Gasteiger partial charge in [-0.2, -0.15) is 0 Å². The second kappa shape index (κ2) is 2.81. The summed E-state index contributed by atoms with van der Waals surface area (Å²) in [5, 5.41) is 0. The molecular formula is C9H15N3. The predicted molar refractivity (Wildman–Crippen MR) is 48.0 cm³/mol. The molecule has 0 spiro atoms. The lowest BCUT2D eigenvalue weighted by atomic mass is 9.96. The summed E-state index contributed by atoms with van der Waals surface area (Å²) < 4.78 is 43.6. The number of aryl methyl sites for hydroxylation is 2. The maximum absolute atomic E-state index is 7.27. The summed E-state index contributed by atoms with van der Waals surface area (Å²) >= 11 is 0. The van der Waals surface area contributed by atoms with Gasteiger partial charge in [0.25, 0.3) is 0 Å². The molecule has 0 aromatic carbocycles. The van der Waals surface area contributed by atoms with Crippen LogP contribution in [-0.2, 0) is 5.41 Å². The van der Waals surface area contributed by atoms with Gasteiger partial charge in [0.2, 0.25) is 0 Å². The Morgan fingerprint density at radius 1 is 1.00 bits per heavy atom. The molecule has 12 heavy (non-hydrogen) atoms. The fourth-order valence-corrected chi connectivity index (χ4v) is 0.711. The average molecular weight is 171 g/mol. The van der Waals surface area contributed by atoms with E-state index in [2.05, 4.69) is 15.0 Å². The van der Waals surface area contributed by atoms with Crippen LogP contribution in [0.5, 0.6) is 0 Å². The van der Waals surface area contributed by atoms with E-state index in [0.29, 0.717) is 0 Å². The van der Waals surface area contributed by atoms with Gasteiger partial charge in [-0.05, 0) is 13.7 Å². The van der Waals surface area contributed by atoms with Crippen LogP contribution in [0.2, 0.25) is 0 Å². The molecule has 1 aromatic rings. The zero-order chi connectivity index (χ0) is 14.4. The highest BCUT2D eigenvalue weighted by Gasteiger charge is 2.17. The van der Waals surface area contributed by atoms with Crippen LogP contribution in [0.15, 0.2) is 0 Å². The Hall–Kier alpha value is -0.990. The summed E-state index contributed by atoms with van der Waals surface area (Å²) in [6.45, 7) is 0.213. The van der Waals surface area contributed by atoms with E-state index in [4.69, 9.17) is 8.22 Å². The van der Waals surface area contributed by atoms with Crippen molar-refractivity contribution in [2.75, 3.05) is 0 Å². The van der Waals surface area contributed by atoms with Crippen molar-refractivity contribution in [3.8, 4) is 0 Å². The lowest BCUT2D eigenvalue weighted by molar-refractivity contribution is 0.534. The Balaban J connectivity index is 3.49. The molecule has 0 radical (unpaired) electrons. The van der Waals surface area contributed by atoms with Crippen molar-refractivity contribution in [3.63, 3.8) is 0 Å². The van der Waals surface area contributed by atoms with Gasteiger partial charge in [-0.1, -0.05) is 20.8 Å². The first-order chi connectivity index (χ1) is 7.82. The predicted octanol–water partition coefficient (Wildman–Crippen LogP) is 1.79. The maximum atomic E-state index is 7.27. The van der Waals surface area contributed by atoms with E-state index in [9.17, 15) is 0 Å². The molecule has 1 aromatic heterocycles. The molecular weight excluding hydrogens is 150 g/mol. The Morgan fingerprint density at radius 2 is 1.50 bits per heavy atom. The van der Waals surface area contributed by atoms with Gasteiger partial charge in [0.15, 0.2) is 0 Å². The minimum atomic E-state index is -2.55. The van der Waals surface area contributed by atoms with Crippen LogP contribution < -0.4 is 0 Å². The lowest BCUT2D eigenvalue weighted by Gasteiger charge is -2.16. The van der Waals surface area contributed by atoms with E-state index in [-0.39, 0.29) is 5.82 Å². The minimum Gasteiger partial charge on any atom is -0.219 e. The molecule has 0 atom stereocenters. The number of rotatable bonds is 0. The first-order valence-corrected chi connectivity index (χ1v) is 3.59. The van der Waals surface area contributed by atoms with Gasteiger partial charge in [0.1, 0.15) is 17.5 Å². The Morgan fingerprint density at radius 3 is 1.83 bits per heavy atom. The van der Waals surface area contributed by atoms with Gasteiger partial charge in [-0.3, -0.25) is 0 Å². The Labute approximate surface area is 81.7 Å². The summed E-state index contributed by atoms with van der Waals surface area (Å²) in [5.74, 6) is -0.795. The highest BCUT2D eigenvalue weighted by molar-refractivity contribution is 5.04. The van der Waals surface area contributed by atoms with Crippen LogP contribution in [0, 0.1) is 13.7 Å². The quantitative estimate of drug-likeness (QED) is 0.597. The molecule has 0 aliphatic heterocycles. The molecule has 0 saturated carbocycles. The largest absolute Gasteiger partial charge is 0.219 e. The standard InChI is InChI=1S/C9H15N3/c1-6-10-7(2)12-8(11-6)9(3,4)5/h1-5H3/i1D3,2D3. The first kappa shape index (κ1) is 3.81. The highest BCUT2D eigenvalue weighted by Crippen LogP contribution is 2.17. The third-order valence-electron chi connectivity index (χ3n) is 1.31. The average Bonchev–Trinajstić information content (AvgIpc) is 2.13. The molecule has 0 N–H and O–H groups in total. The molecule has 1 rings (SSSR count). The van der Waals surface area contributed by atoms with Crippen LogP contribution in [0.1, 0.15) is 46.5 Å². The van der Waals surface area contributed by atoms with Crippen LogP contribution in [0.4, 0.5) is 0 Å². The fourth-order valence-electron chi connectivity index (χ4n) is 0.711. The molecule has 0 fully saturated rings. The van der Waals surface area contributed by atoms with Gasteiger partial charge in [0, 0.05) is 13.6 Å². The van der Waals surface area contributed by atoms with Crippen LogP contribution >= 0.6 is 0 Å². The second-order valence-electron chi connectivity index (χ2n) is 3.56. The monoisotopic (exact) mass is 171 g/mol. The zero-order valence-electron chi connectivity index (χ0n) is 13.3. The fraction of sp³-hybridized carbons (Fsp3) is 0.667. The van der Waals surface area contributed by atoms with Crippen molar-refractivity contribution >= 4 is 0 Å². The van der Waals surface area contributed by atoms with Crippen molar-refractivity contribution in [2.45, 2.75) is 39.9 Å². The highest BCUT2D eigenvalue weighted by atomic mass is 15.0. The minimum absolute atomic E-state index is 0.162.